The number of rotatable bonds is 3. The third kappa shape index (κ3) is 3.16. The smallest absolute Gasteiger partial charge is 0.339 e. The molecule has 2 rings (SSSR count). The Hall–Kier alpha value is -1.23. The molecule has 1 N–H and O–H groups in total. The minimum atomic E-state index is -0.444. The highest BCUT2D eigenvalue weighted by molar-refractivity contribution is 7.99. The standard InChI is InChI=1S/C13H16FNO2S/c1-17-13(16)11-5-4-9(14)7-12(11)15-10-3-2-6-18-8-10/h4-5,7,10,15H,2-3,6,8H2,1H3. The van der Waals surface area contributed by atoms with Crippen LogP contribution < -0.4 is 5.32 Å². The second-order valence-corrected chi connectivity index (χ2v) is 5.39. The summed E-state index contributed by atoms with van der Waals surface area (Å²) >= 11 is 1.87. The van der Waals surface area contributed by atoms with Crippen LogP contribution in [0.5, 0.6) is 0 Å². The van der Waals surface area contributed by atoms with Gasteiger partial charge in [0.25, 0.3) is 0 Å². The van der Waals surface area contributed by atoms with Crippen LogP contribution in [0.2, 0.25) is 0 Å². The molecule has 0 spiro atoms. The van der Waals surface area contributed by atoms with Crippen molar-refractivity contribution in [2.75, 3.05) is 23.9 Å². The Balaban J connectivity index is 2.18. The fourth-order valence-electron chi connectivity index (χ4n) is 2.00. The van der Waals surface area contributed by atoms with Crippen molar-refractivity contribution in [3.8, 4) is 0 Å². The summed E-state index contributed by atoms with van der Waals surface area (Å²) in [6, 6.07) is 4.37. The molecule has 3 nitrogen and oxygen atoms in total. The molecule has 1 aliphatic rings. The number of carbonyl (C=O) groups excluding carboxylic acids is 1. The number of esters is 1. The number of benzene rings is 1. The summed E-state index contributed by atoms with van der Waals surface area (Å²) in [6.45, 7) is 0. The van der Waals surface area contributed by atoms with Crippen LogP contribution >= 0.6 is 11.8 Å². The lowest BCUT2D eigenvalue weighted by atomic mass is 10.1. The van der Waals surface area contributed by atoms with E-state index in [0.717, 1.165) is 18.6 Å². The zero-order chi connectivity index (χ0) is 13.0. The van der Waals surface area contributed by atoms with Crippen LogP contribution in [0, 0.1) is 5.82 Å². The van der Waals surface area contributed by atoms with Crippen LogP contribution in [0.4, 0.5) is 10.1 Å². The molecule has 18 heavy (non-hydrogen) atoms. The molecule has 1 unspecified atom stereocenters. The number of nitrogens with one attached hydrogen (secondary N) is 1. The highest BCUT2D eigenvalue weighted by Gasteiger charge is 2.18. The van der Waals surface area contributed by atoms with Crippen molar-refractivity contribution >= 4 is 23.4 Å². The molecule has 0 amide bonds. The van der Waals surface area contributed by atoms with Gasteiger partial charge in [0.05, 0.1) is 18.4 Å². The second kappa shape index (κ2) is 6.09. The Morgan fingerprint density at radius 3 is 3.06 bits per heavy atom. The van der Waals surface area contributed by atoms with Crippen LogP contribution in [0.1, 0.15) is 23.2 Å². The average Bonchev–Trinajstić information content (AvgIpc) is 2.39. The molecule has 1 aliphatic heterocycles. The first-order valence-corrected chi connectivity index (χ1v) is 7.08. The lowest BCUT2D eigenvalue weighted by Gasteiger charge is -2.24. The molecule has 1 saturated heterocycles. The number of halogens is 1. The van der Waals surface area contributed by atoms with Crippen molar-refractivity contribution < 1.29 is 13.9 Å². The van der Waals surface area contributed by atoms with Crippen molar-refractivity contribution in [1.82, 2.24) is 0 Å². The third-order valence-electron chi connectivity index (χ3n) is 2.91. The molecule has 0 radical (unpaired) electrons. The molecule has 0 aromatic heterocycles. The predicted molar refractivity (Wildman–Crippen MR) is 71.7 cm³/mol. The zero-order valence-electron chi connectivity index (χ0n) is 10.2. The largest absolute Gasteiger partial charge is 0.465 e. The van der Waals surface area contributed by atoms with Crippen molar-refractivity contribution in [1.29, 1.82) is 0 Å². The summed E-state index contributed by atoms with van der Waals surface area (Å²) < 4.78 is 18.0. The number of hydrogen-bond donors (Lipinski definition) is 1. The summed E-state index contributed by atoms with van der Waals surface area (Å²) in [5.41, 5.74) is 0.906. The van der Waals surface area contributed by atoms with Crippen LogP contribution in [0.15, 0.2) is 18.2 Å². The van der Waals surface area contributed by atoms with Crippen molar-refractivity contribution in [2.45, 2.75) is 18.9 Å². The Kier molecular flexibility index (Phi) is 4.47. The molecule has 1 fully saturated rings. The molecule has 98 valence electrons. The van der Waals surface area contributed by atoms with Gasteiger partial charge in [-0.05, 0) is 36.8 Å². The highest BCUT2D eigenvalue weighted by Crippen LogP contribution is 2.24. The van der Waals surface area contributed by atoms with E-state index in [1.807, 2.05) is 11.8 Å². The summed E-state index contributed by atoms with van der Waals surface area (Å²) in [4.78, 5) is 11.6. The van der Waals surface area contributed by atoms with Gasteiger partial charge in [0.2, 0.25) is 0 Å². The summed E-state index contributed by atoms with van der Waals surface area (Å²) in [7, 11) is 1.33. The van der Waals surface area contributed by atoms with Crippen LogP contribution in [0.3, 0.4) is 0 Å². The first kappa shape index (κ1) is 13.2. The third-order valence-corrected chi connectivity index (χ3v) is 4.12. The van der Waals surface area contributed by atoms with E-state index in [1.54, 1.807) is 0 Å². The van der Waals surface area contributed by atoms with E-state index in [4.69, 9.17) is 4.74 Å². The normalized spacial score (nSPS) is 19.3. The topological polar surface area (TPSA) is 38.3 Å². The fraction of sp³-hybridized carbons (Fsp3) is 0.462. The summed E-state index contributed by atoms with van der Waals surface area (Å²) in [5.74, 6) is 1.36. The van der Waals surface area contributed by atoms with Crippen LogP contribution in [0.25, 0.3) is 0 Å². The van der Waals surface area contributed by atoms with Gasteiger partial charge >= 0.3 is 5.97 Å². The van der Waals surface area contributed by atoms with E-state index >= 15 is 0 Å². The summed E-state index contributed by atoms with van der Waals surface area (Å²) in [5, 5.41) is 3.24. The Morgan fingerprint density at radius 2 is 2.39 bits per heavy atom. The van der Waals surface area contributed by atoms with E-state index in [9.17, 15) is 9.18 Å². The maximum Gasteiger partial charge on any atom is 0.339 e. The predicted octanol–water partition coefficient (Wildman–Crippen LogP) is 2.92. The zero-order valence-corrected chi connectivity index (χ0v) is 11.1. The van der Waals surface area contributed by atoms with Gasteiger partial charge in [-0.2, -0.15) is 11.8 Å². The number of carbonyl (C=O) groups is 1. The van der Waals surface area contributed by atoms with E-state index < -0.39 is 5.97 Å². The average molecular weight is 269 g/mol. The van der Waals surface area contributed by atoms with E-state index in [0.29, 0.717) is 11.3 Å². The molecular weight excluding hydrogens is 253 g/mol. The number of ether oxygens (including phenoxy) is 1. The molecule has 1 aromatic rings. The lowest BCUT2D eigenvalue weighted by Crippen LogP contribution is -2.26. The Morgan fingerprint density at radius 1 is 1.56 bits per heavy atom. The fourth-order valence-corrected chi connectivity index (χ4v) is 3.07. The van der Waals surface area contributed by atoms with Gasteiger partial charge in [-0.1, -0.05) is 0 Å². The SMILES string of the molecule is COC(=O)c1ccc(F)cc1NC1CCCSC1. The van der Waals surface area contributed by atoms with Gasteiger partial charge in [0.15, 0.2) is 0 Å². The minimum Gasteiger partial charge on any atom is -0.465 e. The van der Waals surface area contributed by atoms with Gasteiger partial charge in [-0.25, -0.2) is 9.18 Å². The molecule has 0 saturated carbocycles. The molecule has 1 heterocycles. The van der Waals surface area contributed by atoms with Crippen molar-refractivity contribution in [3.63, 3.8) is 0 Å². The van der Waals surface area contributed by atoms with E-state index in [1.165, 1.54) is 31.1 Å². The summed E-state index contributed by atoms with van der Waals surface area (Å²) in [6.07, 6.45) is 2.19. The molecule has 0 aliphatic carbocycles. The van der Waals surface area contributed by atoms with Gasteiger partial charge < -0.3 is 10.1 Å². The first-order valence-electron chi connectivity index (χ1n) is 5.93. The van der Waals surface area contributed by atoms with Crippen LogP contribution in [-0.2, 0) is 4.74 Å². The van der Waals surface area contributed by atoms with Gasteiger partial charge in [-0.3, -0.25) is 0 Å². The molecule has 0 bridgehead atoms. The maximum absolute atomic E-state index is 13.3. The van der Waals surface area contributed by atoms with Crippen LogP contribution in [-0.4, -0.2) is 30.6 Å². The number of methoxy groups -OCH3 is 1. The van der Waals surface area contributed by atoms with Crippen molar-refractivity contribution in [3.05, 3.63) is 29.6 Å². The Bertz CT molecular complexity index is 433. The lowest BCUT2D eigenvalue weighted by molar-refractivity contribution is 0.0601. The van der Waals surface area contributed by atoms with Gasteiger partial charge in [0, 0.05) is 11.8 Å². The number of thioether (sulfide) groups is 1. The van der Waals surface area contributed by atoms with Gasteiger partial charge in [0.1, 0.15) is 5.82 Å². The molecule has 1 atom stereocenters. The second-order valence-electron chi connectivity index (χ2n) is 4.24. The van der Waals surface area contributed by atoms with E-state index in [2.05, 4.69) is 5.32 Å². The quantitative estimate of drug-likeness (QED) is 0.856. The van der Waals surface area contributed by atoms with Gasteiger partial charge in [-0.15, -0.1) is 0 Å². The first-order chi connectivity index (χ1) is 8.70. The minimum absolute atomic E-state index is 0.286. The molecule has 1 aromatic carbocycles. The monoisotopic (exact) mass is 269 g/mol. The number of hydrogen-bond acceptors (Lipinski definition) is 4. The van der Waals surface area contributed by atoms with Crippen molar-refractivity contribution in [2.24, 2.45) is 0 Å². The number of anilines is 1. The van der Waals surface area contributed by atoms with E-state index in [-0.39, 0.29) is 11.9 Å². The Labute approximate surface area is 110 Å². The maximum atomic E-state index is 13.3. The molecular formula is C13H16FNO2S. The molecule has 5 heteroatoms. The highest BCUT2D eigenvalue weighted by atomic mass is 32.2.